The maximum atomic E-state index is 12.8. The van der Waals surface area contributed by atoms with E-state index in [2.05, 4.69) is 15.5 Å². The Balaban J connectivity index is 1.80. The minimum atomic E-state index is -0.362. The quantitative estimate of drug-likeness (QED) is 0.584. The number of rotatable bonds is 7. The van der Waals surface area contributed by atoms with Crippen LogP contribution in [0.4, 0.5) is 5.69 Å². The summed E-state index contributed by atoms with van der Waals surface area (Å²) in [7, 11) is 1.77. The van der Waals surface area contributed by atoms with Crippen LogP contribution in [0.3, 0.4) is 0 Å². The Morgan fingerprint density at radius 1 is 1.19 bits per heavy atom. The van der Waals surface area contributed by atoms with Crippen LogP contribution >= 0.6 is 11.8 Å². The zero-order valence-electron chi connectivity index (χ0n) is 15.4. The lowest BCUT2D eigenvalue weighted by Gasteiger charge is -2.21. The number of anilines is 1. The lowest BCUT2D eigenvalue weighted by atomic mass is 10.3. The third-order valence-corrected chi connectivity index (χ3v) is 4.96. The Labute approximate surface area is 162 Å². The van der Waals surface area contributed by atoms with Gasteiger partial charge in [0.1, 0.15) is 11.4 Å². The van der Waals surface area contributed by atoms with Gasteiger partial charge in [-0.1, -0.05) is 42.1 Å². The van der Waals surface area contributed by atoms with Gasteiger partial charge in [-0.25, -0.2) is 0 Å². The number of amides is 1. The fourth-order valence-corrected chi connectivity index (χ4v) is 3.47. The number of nitrogens with zero attached hydrogens (tertiary/aromatic N) is 5. The average Bonchev–Trinajstić information content (AvgIpc) is 3.16. The first-order valence-corrected chi connectivity index (χ1v) is 9.49. The second-order valence-electron chi connectivity index (χ2n) is 5.77. The van der Waals surface area contributed by atoms with E-state index < -0.39 is 0 Å². The molecule has 1 amide bonds. The van der Waals surface area contributed by atoms with Gasteiger partial charge >= 0.3 is 0 Å². The zero-order valence-corrected chi connectivity index (χ0v) is 16.3. The minimum Gasteiger partial charge on any atom is -0.492 e. The summed E-state index contributed by atoms with van der Waals surface area (Å²) in [6.45, 7) is 4.31. The molecule has 0 spiro atoms. The number of carbonyl (C=O) groups excluding carboxylic acids is 1. The predicted molar refractivity (Wildman–Crippen MR) is 105 cm³/mol. The van der Waals surface area contributed by atoms with Crippen molar-refractivity contribution in [3.05, 3.63) is 54.6 Å². The van der Waals surface area contributed by atoms with Gasteiger partial charge in [0, 0.05) is 12.7 Å². The number of hydrogen-bond donors (Lipinski definition) is 0. The number of para-hydroxylation sites is 3. The number of hydrogen-bond acceptors (Lipinski definition) is 6. The van der Waals surface area contributed by atoms with Gasteiger partial charge in [-0.2, -0.15) is 4.68 Å². The Kier molecular flexibility index (Phi) is 6.08. The Hall–Kier alpha value is -2.87. The maximum Gasteiger partial charge on any atom is 0.240 e. The van der Waals surface area contributed by atoms with E-state index in [1.54, 1.807) is 16.6 Å². The molecule has 0 saturated carbocycles. The number of ether oxygens (including phenoxy) is 1. The van der Waals surface area contributed by atoms with Crippen molar-refractivity contribution in [1.29, 1.82) is 0 Å². The van der Waals surface area contributed by atoms with Gasteiger partial charge in [0.05, 0.1) is 11.9 Å². The van der Waals surface area contributed by atoms with E-state index in [1.165, 1.54) is 11.8 Å². The summed E-state index contributed by atoms with van der Waals surface area (Å²) >= 11 is 1.31. The van der Waals surface area contributed by atoms with Crippen molar-refractivity contribution in [2.75, 3.05) is 18.6 Å². The summed E-state index contributed by atoms with van der Waals surface area (Å²) in [5.41, 5.74) is 1.58. The Bertz CT molecular complexity index is 900. The first-order valence-electron chi connectivity index (χ1n) is 8.61. The number of aromatic nitrogens is 4. The molecule has 0 bridgehead atoms. The van der Waals surface area contributed by atoms with Crippen LogP contribution in [0.2, 0.25) is 0 Å². The summed E-state index contributed by atoms with van der Waals surface area (Å²) < 4.78 is 7.26. The van der Waals surface area contributed by atoms with Gasteiger partial charge in [0.15, 0.2) is 0 Å². The van der Waals surface area contributed by atoms with Gasteiger partial charge < -0.3 is 9.64 Å². The largest absolute Gasteiger partial charge is 0.492 e. The molecule has 7 nitrogen and oxygen atoms in total. The highest BCUT2D eigenvalue weighted by molar-refractivity contribution is 8.00. The van der Waals surface area contributed by atoms with Gasteiger partial charge in [0.2, 0.25) is 11.1 Å². The molecule has 8 heteroatoms. The highest BCUT2D eigenvalue weighted by atomic mass is 32.2. The highest BCUT2D eigenvalue weighted by Gasteiger charge is 2.23. The number of benzene rings is 2. The van der Waals surface area contributed by atoms with Gasteiger partial charge in [-0.3, -0.25) is 4.79 Å². The molecule has 3 aromatic rings. The summed E-state index contributed by atoms with van der Waals surface area (Å²) in [5, 5.41) is 12.1. The lowest BCUT2D eigenvalue weighted by molar-refractivity contribution is -0.117. The molecule has 140 valence electrons. The average molecular weight is 383 g/mol. The normalized spacial score (nSPS) is 11.8. The molecule has 27 heavy (non-hydrogen) atoms. The molecule has 0 aliphatic rings. The first-order chi connectivity index (χ1) is 13.1. The molecule has 0 radical (unpaired) electrons. The summed E-state index contributed by atoms with van der Waals surface area (Å²) in [6, 6.07) is 17.1. The van der Waals surface area contributed by atoms with Gasteiger partial charge in [0.25, 0.3) is 0 Å². The van der Waals surface area contributed by atoms with E-state index in [1.807, 2.05) is 68.4 Å². The Morgan fingerprint density at radius 2 is 1.89 bits per heavy atom. The second kappa shape index (κ2) is 8.68. The predicted octanol–water partition coefficient (Wildman–Crippen LogP) is 3.20. The van der Waals surface area contributed by atoms with Crippen molar-refractivity contribution in [1.82, 2.24) is 20.2 Å². The van der Waals surface area contributed by atoms with Crippen LogP contribution in [0.1, 0.15) is 13.8 Å². The van der Waals surface area contributed by atoms with Crippen LogP contribution in [0.5, 0.6) is 5.75 Å². The highest BCUT2D eigenvalue weighted by Crippen LogP contribution is 2.29. The molecule has 1 atom stereocenters. The number of tetrazole rings is 1. The molecular formula is C19H21N5O2S. The van der Waals surface area contributed by atoms with Crippen LogP contribution in [0.15, 0.2) is 59.8 Å². The van der Waals surface area contributed by atoms with Crippen LogP contribution in [0.25, 0.3) is 5.69 Å². The van der Waals surface area contributed by atoms with Crippen molar-refractivity contribution in [2.45, 2.75) is 24.3 Å². The van der Waals surface area contributed by atoms with E-state index in [0.717, 1.165) is 11.4 Å². The molecule has 0 fully saturated rings. The molecular weight excluding hydrogens is 362 g/mol. The molecule has 0 aliphatic carbocycles. The monoisotopic (exact) mass is 383 g/mol. The second-order valence-corrected chi connectivity index (χ2v) is 7.07. The van der Waals surface area contributed by atoms with Crippen LogP contribution in [0, 0.1) is 0 Å². The van der Waals surface area contributed by atoms with E-state index in [9.17, 15) is 4.79 Å². The van der Waals surface area contributed by atoms with E-state index in [4.69, 9.17) is 4.74 Å². The smallest absolute Gasteiger partial charge is 0.240 e. The van der Waals surface area contributed by atoms with Crippen molar-refractivity contribution in [3.63, 3.8) is 0 Å². The zero-order chi connectivity index (χ0) is 19.2. The van der Waals surface area contributed by atoms with Crippen molar-refractivity contribution < 1.29 is 9.53 Å². The van der Waals surface area contributed by atoms with Crippen molar-refractivity contribution in [2.24, 2.45) is 0 Å². The van der Waals surface area contributed by atoms with Crippen LogP contribution < -0.4 is 9.64 Å². The molecule has 2 aromatic carbocycles. The number of thioether (sulfide) groups is 1. The van der Waals surface area contributed by atoms with Crippen molar-refractivity contribution >= 4 is 23.4 Å². The van der Waals surface area contributed by atoms with E-state index in [-0.39, 0.29) is 11.2 Å². The van der Waals surface area contributed by atoms with Crippen molar-refractivity contribution in [3.8, 4) is 11.4 Å². The standard InChI is InChI=1S/C19H21N5O2S/c1-4-26-17-13-9-8-12-16(17)24-19(20-21-22-24)27-14(2)18(25)23(3)15-10-6-5-7-11-15/h5-14H,4H2,1-3H3/t14-/m1/s1. The summed E-state index contributed by atoms with van der Waals surface area (Å²) in [4.78, 5) is 14.4. The Morgan fingerprint density at radius 3 is 2.63 bits per heavy atom. The number of carbonyl (C=O) groups is 1. The lowest BCUT2D eigenvalue weighted by Crippen LogP contribution is -2.33. The van der Waals surface area contributed by atoms with E-state index >= 15 is 0 Å². The fourth-order valence-electron chi connectivity index (χ4n) is 2.57. The SMILES string of the molecule is CCOc1ccccc1-n1nnnc1S[C@H](C)C(=O)N(C)c1ccccc1. The fraction of sp³-hybridized carbons (Fsp3) is 0.263. The minimum absolute atomic E-state index is 0.0288. The van der Waals surface area contributed by atoms with Crippen LogP contribution in [-0.4, -0.2) is 45.0 Å². The third kappa shape index (κ3) is 4.28. The van der Waals surface area contributed by atoms with Crippen LogP contribution in [-0.2, 0) is 4.79 Å². The topological polar surface area (TPSA) is 73.1 Å². The third-order valence-electron chi connectivity index (χ3n) is 3.94. The van der Waals surface area contributed by atoms with Gasteiger partial charge in [-0.15, -0.1) is 5.10 Å². The molecule has 1 aromatic heterocycles. The molecule has 0 aliphatic heterocycles. The van der Waals surface area contributed by atoms with Gasteiger partial charge in [-0.05, 0) is 48.5 Å². The maximum absolute atomic E-state index is 12.8. The summed E-state index contributed by atoms with van der Waals surface area (Å²) in [6.07, 6.45) is 0. The summed E-state index contributed by atoms with van der Waals surface area (Å²) in [5.74, 6) is 0.661. The van der Waals surface area contributed by atoms with E-state index in [0.29, 0.717) is 17.5 Å². The first kappa shape index (κ1) is 18.9. The molecule has 0 saturated heterocycles. The molecule has 0 N–H and O–H groups in total. The molecule has 3 rings (SSSR count). The molecule has 0 unspecified atom stereocenters. The molecule has 1 heterocycles.